The molecule has 0 aromatic heterocycles. The number of nitrogens with zero attached hydrogens (tertiary/aromatic N) is 2. The zero-order valence-electron chi connectivity index (χ0n) is 16.0. The second-order valence-corrected chi connectivity index (χ2v) is 7.32. The first-order chi connectivity index (χ1) is 13.0. The second-order valence-electron chi connectivity index (χ2n) is 7.32. The van der Waals surface area contributed by atoms with E-state index in [1.165, 1.54) is 12.1 Å². The largest absolute Gasteiger partial charge is 0.375 e. The number of hydrogen-bond donors (Lipinski definition) is 0. The summed E-state index contributed by atoms with van der Waals surface area (Å²) in [6, 6.07) is 16.8. The number of hydrogen-bond acceptors (Lipinski definition) is 3. The summed E-state index contributed by atoms with van der Waals surface area (Å²) in [5.74, 6) is -0.158. The van der Waals surface area contributed by atoms with Gasteiger partial charge in [0.2, 0.25) is 5.91 Å². The standard InChI is InChI=1S/C22H27FN2O2/c1-17(2)25-14-22(26)24(12-18-8-10-20(23)11-9-18)13-21(25)16-27-15-19-6-4-3-5-7-19/h3-11,17,21H,12-16H2,1-2H3. The third-order valence-corrected chi connectivity index (χ3v) is 4.94. The summed E-state index contributed by atoms with van der Waals surface area (Å²) < 4.78 is 19.1. The molecule has 0 spiro atoms. The normalized spacial score (nSPS) is 18.3. The van der Waals surface area contributed by atoms with Crippen LogP contribution < -0.4 is 0 Å². The highest BCUT2D eigenvalue weighted by molar-refractivity contribution is 5.79. The molecular weight excluding hydrogens is 343 g/mol. The maximum absolute atomic E-state index is 13.1. The number of piperazine rings is 1. The number of rotatable bonds is 7. The van der Waals surface area contributed by atoms with Crippen molar-refractivity contribution < 1.29 is 13.9 Å². The third kappa shape index (κ3) is 5.37. The fourth-order valence-corrected chi connectivity index (χ4v) is 3.45. The molecule has 0 radical (unpaired) electrons. The van der Waals surface area contributed by atoms with Crippen LogP contribution in [0.25, 0.3) is 0 Å². The van der Waals surface area contributed by atoms with Crippen molar-refractivity contribution in [3.63, 3.8) is 0 Å². The molecule has 0 saturated carbocycles. The molecule has 5 heteroatoms. The van der Waals surface area contributed by atoms with Crippen LogP contribution >= 0.6 is 0 Å². The average molecular weight is 370 g/mol. The van der Waals surface area contributed by atoms with E-state index in [4.69, 9.17) is 4.74 Å². The van der Waals surface area contributed by atoms with E-state index in [1.807, 2.05) is 35.2 Å². The van der Waals surface area contributed by atoms with Crippen LogP contribution in [-0.2, 0) is 22.7 Å². The lowest BCUT2D eigenvalue weighted by Gasteiger charge is -2.43. The van der Waals surface area contributed by atoms with Gasteiger partial charge in [-0.25, -0.2) is 4.39 Å². The Hall–Kier alpha value is -2.24. The molecule has 1 saturated heterocycles. The van der Waals surface area contributed by atoms with Gasteiger partial charge in [0.1, 0.15) is 5.82 Å². The van der Waals surface area contributed by atoms with E-state index >= 15 is 0 Å². The van der Waals surface area contributed by atoms with Gasteiger partial charge in [-0.05, 0) is 37.1 Å². The van der Waals surface area contributed by atoms with Crippen LogP contribution in [0.15, 0.2) is 54.6 Å². The fourth-order valence-electron chi connectivity index (χ4n) is 3.45. The number of ether oxygens (including phenoxy) is 1. The second kappa shape index (κ2) is 9.11. The third-order valence-electron chi connectivity index (χ3n) is 4.94. The quantitative estimate of drug-likeness (QED) is 0.748. The first-order valence-corrected chi connectivity index (χ1v) is 9.42. The van der Waals surface area contributed by atoms with Gasteiger partial charge in [0.15, 0.2) is 0 Å². The van der Waals surface area contributed by atoms with E-state index in [0.29, 0.717) is 32.8 Å². The number of amides is 1. The van der Waals surface area contributed by atoms with E-state index in [0.717, 1.165) is 11.1 Å². The molecule has 1 heterocycles. The number of halogens is 1. The van der Waals surface area contributed by atoms with Crippen molar-refractivity contribution in [2.75, 3.05) is 19.7 Å². The van der Waals surface area contributed by atoms with E-state index in [2.05, 4.69) is 18.7 Å². The minimum atomic E-state index is -0.262. The van der Waals surface area contributed by atoms with Crippen LogP contribution in [0.5, 0.6) is 0 Å². The molecule has 3 rings (SSSR count). The van der Waals surface area contributed by atoms with Crippen molar-refractivity contribution in [3.8, 4) is 0 Å². The highest BCUT2D eigenvalue weighted by atomic mass is 19.1. The van der Waals surface area contributed by atoms with Crippen molar-refractivity contribution in [1.82, 2.24) is 9.80 Å². The summed E-state index contributed by atoms with van der Waals surface area (Å²) in [4.78, 5) is 16.6. The summed E-state index contributed by atoms with van der Waals surface area (Å²) in [5.41, 5.74) is 2.08. The topological polar surface area (TPSA) is 32.8 Å². The predicted octanol–water partition coefficient (Wildman–Crippen LogP) is 3.46. The van der Waals surface area contributed by atoms with Crippen LogP contribution in [0, 0.1) is 5.82 Å². The molecule has 27 heavy (non-hydrogen) atoms. The summed E-state index contributed by atoms with van der Waals surface area (Å²) in [5, 5.41) is 0. The van der Waals surface area contributed by atoms with Crippen molar-refractivity contribution >= 4 is 5.91 Å². The molecule has 0 aliphatic carbocycles. The molecule has 0 bridgehead atoms. The summed E-state index contributed by atoms with van der Waals surface area (Å²) in [6.45, 7) is 6.84. The van der Waals surface area contributed by atoms with Gasteiger partial charge in [-0.1, -0.05) is 42.5 Å². The van der Waals surface area contributed by atoms with Gasteiger partial charge in [0.05, 0.1) is 25.8 Å². The molecule has 1 unspecified atom stereocenters. The van der Waals surface area contributed by atoms with Crippen LogP contribution in [0.1, 0.15) is 25.0 Å². The van der Waals surface area contributed by atoms with Crippen molar-refractivity contribution in [2.45, 2.75) is 39.1 Å². The van der Waals surface area contributed by atoms with Crippen molar-refractivity contribution in [3.05, 3.63) is 71.5 Å². The Morgan fingerprint density at radius 2 is 1.78 bits per heavy atom. The molecule has 2 aromatic rings. The van der Waals surface area contributed by atoms with Gasteiger partial charge in [-0.2, -0.15) is 0 Å². The number of benzene rings is 2. The van der Waals surface area contributed by atoms with E-state index in [1.54, 1.807) is 12.1 Å². The molecule has 2 aromatic carbocycles. The minimum Gasteiger partial charge on any atom is -0.375 e. The van der Waals surface area contributed by atoms with E-state index < -0.39 is 0 Å². The fraction of sp³-hybridized carbons (Fsp3) is 0.409. The molecular formula is C22H27FN2O2. The van der Waals surface area contributed by atoms with Gasteiger partial charge in [-0.3, -0.25) is 9.69 Å². The van der Waals surface area contributed by atoms with Crippen LogP contribution in [0.3, 0.4) is 0 Å². The van der Waals surface area contributed by atoms with Gasteiger partial charge in [0.25, 0.3) is 0 Å². The predicted molar refractivity (Wildman–Crippen MR) is 104 cm³/mol. The Balaban J connectivity index is 1.62. The highest BCUT2D eigenvalue weighted by Gasteiger charge is 2.33. The molecule has 144 valence electrons. The average Bonchev–Trinajstić information content (AvgIpc) is 2.66. The van der Waals surface area contributed by atoms with Gasteiger partial charge >= 0.3 is 0 Å². The maximum atomic E-state index is 13.1. The lowest BCUT2D eigenvalue weighted by atomic mass is 10.1. The van der Waals surface area contributed by atoms with Gasteiger partial charge in [-0.15, -0.1) is 0 Å². The zero-order chi connectivity index (χ0) is 19.2. The maximum Gasteiger partial charge on any atom is 0.237 e. The lowest BCUT2D eigenvalue weighted by Crippen LogP contribution is -2.59. The van der Waals surface area contributed by atoms with Crippen LogP contribution in [0.4, 0.5) is 4.39 Å². The zero-order valence-corrected chi connectivity index (χ0v) is 16.0. The Bertz CT molecular complexity index is 734. The molecule has 1 atom stereocenters. The molecule has 1 aliphatic rings. The number of carbonyl (C=O) groups is 1. The first-order valence-electron chi connectivity index (χ1n) is 9.42. The van der Waals surface area contributed by atoms with E-state index in [-0.39, 0.29) is 23.8 Å². The van der Waals surface area contributed by atoms with Crippen LogP contribution in [0.2, 0.25) is 0 Å². The Kier molecular flexibility index (Phi) is 6.58. The lowest BCUT2D eigenvalue weighted by molar-refractivity contribution is -0.142. The molecule has 1 amide bonds. The molecule has 0 N–H and O–H groups in total. The molecule has 1 aliphatic heterocycles. The van der Waals surface area contributed by atoms with Gasteiger partial charge in [0, 0.05) is 19.1 Å². The number of carbonyl (C=O) groups excluding carboxylic acids is 1. The van der Waals surface area contributed by atoms with E-state index in [9.17, 15) is 9.18 Å². The Morgan fingerprint density at radius 3 is 2.44 bits per heavy atom. The first kappa shape index (κ1) is 19.5. The Labute approximate surface area is 160 Å². The summed E-state index contributed by atoms with van der Waals surface area (Å²) >= 11 is 0. The van der Waals surface area contributed by atoms with Gasteiger partial charge < -0.3 is 9.64 Å². The minimum absolute atomic E-state index is 0.104. The monoisotopic (exact) mass is 370 g/mol. The van der Waals surface area contributed by atoms with Crippen molar-refractivity contribution in [1.29, 1.82) is 0 Å². The summed E-state index contributed by atoms with van der Waals surface area (Å²) in [6.07, 6.45) is 0. The summed E-state index contributed by atoms with van der Waals surface area (Å²) in [7, 11) is 0. The smallest absolute Gasteiger partial charge is 0.237 e. The van der Waals surface area contributed by atoms with Crippen molar-refractivity contribution in [2.24, 2.45) is 0 Å². The SMILES string of the molecule is CC(C)N1CC(=O)N(Cc2ccc(F)cc2)CC1COCc1ccccc1. The molecule has 1 fully saturated rings. The molecule has 4 nitrogen and oxygen atoms in total. The highest BCUT2D eigenvalue weighted by Crippen LogP contribution is 2.18. The van der Waals surface area contributed by atoms with Crippen LogP contribution in [-0.4, -0.2) is 47.5 Å². The Morgan fingerprint density at radius 1 is 1.07 bits per heavy atom.